The zero-order valence-corrected chi connectivity index (χ0v) is 15.0. The Hall–Kier alpha value is -2.04. The van der Waals surface area contributed by atoms with E-state index in [1.807, 2.05) is 0 Å². The van der Waals surface area contributed by atoms with E-state index >= 15 is 0 Å². The van der Waals surface area contributed by atoms with Gasteiger partial charge in [0.1, 0.15) is 0 Å². The van der Waals surface area contributed by atoms with Gasteiger partial charge in [0.25, 0.3) is 0 Å². The number of carbonyl (C=O) groups is 1. The van der Waals surface area contributed by atoms with Crippen molar-refractivity contribution in [2.45, 2.75) is 33.1 Å². The SMILES string of the molecule is CCNC(=NCCc1ccc(C)cc1)N1CCC(C(=O)OC)CC1. The number of hydrogen-bond acceptors (Lipinski definition) is 3. The monoisotopic (exact) mass is 331 g/mol. The second kappa shape index (κ2) is 9.30. The fourth-order valence-corrected chi connectivity index (χ4v) is 2.97. The minimum absolute atomic E-state index is 0.0293. The lowest BCUT2D eigenvalue weighted by molar-refractivity contribution is -0.146. The molecule has 0 aromatic heterocycles. The topological polar surface area (TPSA) is 53.9 Å². The Bertz CT molecular complexity index is 546. The van der Waals surface area contributed by atoms with Crippen LogP contribution in [-0.2, 0) is 16.0 Å². The lowest BCUT2D eigenvalue weighted by Gasteiger charge is -2.33. The molecule has 0 spiro atoms. The Morgan fingerprint density at radius 2 is 1.96 bits per heavy atom. The molecule has 5 nitrogen and oxygen atoms in total. The number of benzene rings is 1. The smallest absolute Gasteiger partial charge is 0.308 e. The zero-order chi connectivity index (χ0) is 17.4. The van der Waals surface area contributed by atoms with E-state index in [4.69, 9.17) is 9.73 Å². The fourth-order valence-electron chi connectivity index (χ4n) is 2.97. The molecule has 0 saturated carbocycles. The third-order valence-electron chi connectivity index (χ3n) is 4.45. The van der Waals surface area contributed by atoms with Crippen LogP contribution < -0.4 is 5.32 Å². The summed E-state index contributed by atoms with van der Waals surface area (Å²) >= 11 is 0. The van der Waals surface area contributed by atoms with Crippen LogP contribution in [0.1, 0.15) is 30.9 Å². The first-order chi connectivity index (χ1) is 11.6. The second-order valence-corrected chi connectivity index (χ2v) is 6.26. The van der Waals surface area contributed by atoms with E-state index in [0.29, 0.717) is 0 Å². The lowest BCUT2D eigenvalue weighted by Crippen LogP contribution is -2.46. The number of carbonyl (C=O) groups excluding carboxylic acids is 1. The fraction of sp³-hybridized carbons (Fsp3) is 0.579. The number of hydrogen-bond donors (Lipinski definition) is 1. The highest BCUT2D eigenvalue weighted by molar-refractivity contribution is 5.80. The van der Waals surface area contributed by atoms with Crippen LogP contribution in [0, 0.1) is 12.8 Å². The molecule has 24 heavy (non-hydrogen) atoms. The van der Waals surface area contributed by atoms with Gasteiger partial charge in [0.2, 0.25) is 0 Å². The van der Waals surface area contributed by atoms with Crippen molar-refractivity contribution in [3.05, 3.63) is 35.4 Å². The minimum Gasteiger partial charge on any atom is -0.469 e. The first-order valence-corrected chi connectivity index (χ1v) is 8.80. The quantitative estimate of drug-likeness (QED) is 0.511. The molecule has 0 bridgehead atoms. The van der Waals surface area contributed by atoms with Gasteiger partial charge in [-0.3, -0.25) is 9.79 Å². The van der Waals surface area contributed by atoms with Gasteiger partial charge >= 0.3 is 5.97 Å². The van der Waals surface area contributed by atoms with Crippen molar-refractivity contribution in [2.75, 3.05) is 33.3 Å². The molecule has 1 aromatic rings. The lowest BCUT2D eigenvalue weighted by atomic mass is 9.97. The number of guanidine groups is 1. The maximum absolute atomic E-state index is 11.6. The van der Waals surface area contributed by atoms with Gasteiger partial charge in [-0.15, -0.1) is 0 Å². The number of nitrogens with zero attached hydrogens (tertiary/aromatic N) is 2. The molecule has 0 atom stereocenters. The number of aliphatic imine (C=N–C) groups is 1. The summed E-state index contributed by atoms with van der Waals surface area (Å²) in [5, 5.41) is 3.37. The molecule has 1 fully saturated rings. The first kappa shape index (κ1) is 18.3. The summed E-state index contributed by atoms with van der Waals surface area (Å²) in [6, 6.07) is 8.61. The summed E-state index contributed by atoms with van der Waals surface area (Å²) in [6.07, 6.45) is 2.60. The Morgan fingerprint density at radius 3 is 2.54 bits per heavy atom. The molecule has 1 aliphatic rings. The van der Waals surface area contributed by atoms with E-state index in [0.717, 1.165) is 51.4 Å². The Labute approximate surface area is 145 Å². The number of aryl methyl sites for hydroxylation is 1. The number of likely N-dealkylation sites (tertiary alicyclic amines) is 1. The molecule has 0 radical (unpaired) electrons. The average molecular weight is 331 g/mol. The highest BCUT2D eigenvalue weighted by Gasteiger charge is 2.26. The van der Waals surface area contributed by atoms with Gasteiger partial charge in [-0.05, 0) is 38.7 Å². The van der Waals surface area contributed by atoms with Gasteiger partial charge in [0, 0.05) is 26.2 Å². The van der Waals surface area contributed by atoms with Gasteiger partial charge < -0.3 is 15.0 Å². The summed E-state index contributed by atoms with van der Waals surface area (Å²) < 4.78 is 4.85. The average Bonchev–Trinajstić information content (AvgIpc) is 2.62. The molecule has 2 rings (SSSR count). The number of esters is 1. The predicted molar refractivity (Wildman–Crippen MR) is 97.2 cm³/mol. The predicted octanol–water partition coefficient (Wildman–Crippen LogP) is 2.39. The first-order valence-electron chi connectivity index (χ1n) is 8.80. The van der Waals surface area contributed by atoms with E-state index in [-0.39, 0.29) is 11.9 Å². The number of rotatable bonds is 5. The molecule has 1 aromatic carbocycles. The standard InChI is InChI=1S/C19H29N3O2/c1-4-20-19(21-12-9-16-7-5-15(2)6-8-16)22-13-10-17(11-14-22)18(23)24-3/h5-8,17H,4,9-14H2,1-3H3,(H,20,21). The van der Waals surface area contributed by atoms with Crippen LogP contribution in [0.4, 0.5) is 0 Å². The Balaban J connectivity index is 1.89. The summed E-state index contributed by atoms with van der Waals surface area (Å²) in [4.78, 5) is 18.6. The third-order valence-corrected chi connectivity index (χ3v) is 4.45. The molecule has 1 saturated heterocycles. The van der Waals surface area contributed by atoms with Gasteiger partial charge in [-0.25, -0.2) is 0 Å². The van der Waals surface area contributed by atoms with Crippen LogP contribution in [0.25, 0.3) is 0 Å². The van der Waals surface area contributed by atoms with E-state index in [2.05, 4.69) is 48.3 Å². The van der Waals surface area contributed by atoms with Crippen molar-refractivity contribution in [3.8, 4) is 0 Å². The Morgan fingerprint density at radius 1 is 1.29 bits per heavy atom. The van der Waals surface area contributed by atoms with Crippen LogP contribution in [0.2, 0.25) is 0 Å². The molecule has 0 amide bonds. The van der Waals surface area contributed by atoms with Gasteiger partial charge in [0.05, 0.1) is 13.0 Å². The van der Waals surface area contributed by atoms with Crippen molar-refractivity contribution in [1.29, 1.82) is 0 Å². The summed E-state index contributed by atoms with van der Waals surface area (Å²) in [7, 11) is 1.46. The van der Waals surface area contributed by atoms with Crippen molar-refractivity contribution in [2.24, 2.45) is 10.9 Å². The summed E-state index contributed by atoms with van der Waals surface area (Å²) in [5.41, 5.74) is 2.59. The van der Waals surface area contributed by atoms with Crippen LogP contribution in [0.3, 0.4) is 0 Å². The molecule has 0 unspecified atom stereocenters. The van der Waals surface area contributed by atoms with E-state index < -0.39 is 0 Å². The highest BCUT2D eigenvalue weighted by atomic mass is 16.5. The summed E-state index contributed by atoms with van der Waals surface area (Å²) in [5.74, 6) is 0.894. The highest BCUT2D eigenvalue weighted by Crippen LogP contribution is 2.18. The van der Waals surface area contributed by atoms with Gasteiger partial charge in [0.15, 0.2) is 5.96 Å². The molecule has 5 heteroatoms. The second-order valence-electron chi connectivity index (χ2n) is 6.26. The maximum Gasteiger partial charge on any atom is 0.308 e. The van der Waals surface area contributed by atoms with Crippen molar-refractivity contribution >= 4 is 11.9 Å². The molecule has 1 aliphatic heterocycles. The number of methoxy groups -OCH3 is 1. The maximum atomic E-state index is 11.6. The van der Waals surface area contributed by atoms with E-state index in [9.17, 15) is 4.79 Å². The number of ether oxygens (including phenoxy) is 1. The van der Waals surface area contributed by atoms with Crippen molar-refractivity contribution in [3.63, 3.8) is 0 Å². The van der Waals surface area contributed by atoms with Gasteiger partial charge in [-0.2, -0.15) is 0 Å². The largest absolute Gasteiger partial charge is 0.469 e. The van der Waals surface area contributed by atoms with Crippen molar-refractivity contribution in [1.82, 2.24) is 10.2 Å². The van der Waals surface area contributed by atoms with Crippen LogP contribution in [0.5, 0.6) is 0 Å². The molecule has 1 heterocycles. The van der Waals surface area contributed by atoms with E-state index in [1.165, 1.54) is 18.2 Å². The Kier molecular flexibility index (Phi) is 7.09. The van der Waals surface area contributed by atoms with Crippen molar-refractivity contribution < 1.29 is 9.53 Å². The van der Waals surface area contributed by atoms with Crippen LogP contribution >= 0.6 is 0 Å². The van der Waals surface area contributed by atoms with Gasteiger partial charge in [-0.1, -0.05) is 29.8 Å². The normalized spacial score (nSPS) is 16.1. The molecule has 0 aliphatic carbocycles. The summed E-state index contributed by atoms with van der Waals surface area (Å²) in [6.45, 7) is 7.48. The molecular weight excluding hydrogens is 302 g/mol. The number of piperidine rings is 1. The van der Waals surface area contributed by atoms with Crippen LogP contribution in [0.15, 0.2) is 29.3 Å². The van der Waals surface area contributed by atoms with Crippen LogP contribution in [-0.4, -0.2) is 50.1 Å². The number of nitrogens with one attached hydrogen (secondary N) is 1. The van der Waals surface area contributed by atoms with E-state index in [1.54, 1.807) is 0 Å². The third kappa shape index (κ3) is 5.25. The minimum atomic E-state index is -0.0871. The molecular formula is C19H29N3O2. The molecule has 1 N–H and O–H groups in total. The zero-order valence-electron chi connectivity index (χ0n) is 15.0. The molecule has 132 valence electrons.